The average molecular weight is 504 g/mol. The van der Waals surface area contributed by atoms with E-state index in [4.69, 9.17) is 0 Å². The van der Waals surface area contributed by atoms with Gasteiger partial charge >= 0.3 is 0 Å². The van der Waals surface area contributed by atoms with Crippen molar-refractivity contribution in [1.29, 1.82) is 0 Å². The molecule has 21 heavy (non-hydrogen) atoms. The third kappa shape index (κ3) is 3.91. The number of nitrogens with zero attached hydrogens (tertiary/aromatic N) is 1. The molecule has 0 unspecified atom stereocenters. The first-order chi connectivity index (χ1) is 9.87. The number of hydrogen-bond acceptors (Lipinski definition) is 2. The molecule has 1 fully saturated rings. The van der Waals surface area contributed by atoms with E-state index >= 15 is 0 Å². The van der Waals surface area contributed by atoms with Crippen LogP contribution in [0.4, 0.5) is 0 Å². The van der Waals surface area contributed by atoms with E-state index in [0.717, 1.165) is 41.0 Å². The highest BCUT2D eigenvalue weighted by Crippen LogP contribution is 2.35. The highest BCUT2D eigenvalue weighted by Gasteiger charge is 2.35. The highest BCUT2D eigenvalue weighted by molar-refractivity contribution is 9.11. The van der Waals surface area contributed by atoms with Gasteiger partial charge in [-0.2, -0.15) is 4.31 Å². The van der Waals surface area contributed by atoms with E-state index in [0.29, 0.717) is 15.9 Å². The third-order valence-corrected chi connectivity index (χ3v) is 8.12. The third-order valence-electron chi connectivity index (χ3n) is 3.79. The number of alkyl halides is 1. The Morgan fingerprint density at radius 1 is 1.24 bits per heavy atom. The van der Waals surface area contributed by atoms with E-state index in [1.807, 2.05) is 13.0 Å². The molecule has 0 saturated heterocycles. The summed E-state index contributed by atoms with van der Waals surface area (Å²) in [7, 11) is -3.47. The van der Waals surface area contributed by atoms with Crippen LogP contribution in [-0.2, 0) is 10.0 Å². The lowest BCUT2D eigenvalue weighted by molar-refractivity contribution is 0.220. The largest absolute Gasteiger partial charge is 0.244 e. The Labute approximate surface area is 151 Å². The molecular weight excluding hydrogens is 486 g/mol. The van der Waals surface area contributed by atoms with E-state index in [1.165, 1.54) is 0 Å². The summed E-state index contributed by atoms with van der Waals surface area (Å²) in [5.41, 5.74) is 1.01. The fourth-order valence-electron chi connectivity index (χ4n) is 2.34. The molecule has 0 spiro atoms. The van der Waals surface area contributed by atoms with Crippen molar-refractivity contribution in [2.45, 2.75) is 43.5 Å². The minimum atomic E-state index is -3.47. The van der Waals surface area contributed by atoms with Gasteiger partial charge in [0.1, 0.15) is 0 Å². The number of halogens is 3. The first kappa shape index (κ1) is 17.9. The molecule has 0 aliphatic heterocycles. The Balaban J connectivity index is 2.40. The smallest absolute Gasteiger partial charge is 0.207 e. The van der Waals surface area contributed by atoms with Gasteiger partial charge in [0.15, 0.2) is 0 Å². The fourth-order valence-corrected chi connectivity index (χ4v) is 5.96. The van der Waals surface area contributed by atoms with E-state index in [2.05, 4.69) is 47.8 Å². The first-order valence-corrected chi connectivity index (χ1v) is 11.1. The zero-order valence-electron chi connectivity index (χ0n) is 11.8. The Bertz CT molecular complexity index is 615. The van der Waals surface area contributed by atoms with Crippen LogP contribution in [0.2, 0.25) is 0 Å². The number of rotatable bonds is 6. The zero-order chi connectivity index (χ0) is 15.6. The zero-order valence-corrected chi connectivity index (χ0v) is 17.4. The van der Waals surface area contributed by atoms with Crippen molar-refractivity contribution in [2.24, 2.45) is 0 Å². The summed E-state index contributed by atoms with van der Waals surface area (Å²) in [5, 5.41) is 0.810. The van der Waals surface area contributed by atoms with Gasteiger partial charge in [0, 0.05) is 26.9 Å². The van der Waals surface area contributed by atoms with Gasteiger partial charge in [0.2, 0.25) is 10.0 Å². The van der Waals surface area contributed by atoms with Gasteiger partial charge in [-0.05, 0) is 59.8 Å². The van der Waals surface area contributed by atoms with Crippen LogP contribution in [0.15, 0.2) is 26.0 Å². The van der Waals surface area contributed by atoms with Crippen LogP contribution >= 0.6 is 47.8 Å². The number of benzene rings is 1. The maximum atomic E-state index is 13.0. The molecular formula is C14H18Br3NO2S. The number of hydrogen-bond donors (Lipinski definition) is 0. The average Bonchev–Trinajstić information content (AvgIpc) is 2.36. The summed E-state index contributed by atoms with van der Waals surface area (Å²) in [5.74, 6) is 0. The molecule has 0 aromatic heterocycles. The Morgan fingerprint density at radius 2 is 1.90 bits per heavy atom. The van der Waals surface area contributed by atoms with Gasteiger partial charge < -0.3 is 0 Å². The van der Waals surface area contributed by atoms with Gasteiger partial charge in [0.05, 0.1) is 4.90 Å². The summed E-state index contributed by atoms with van der Waals surface area (Å²) in [6, 6.07) is 3.70. The van der Waals surface area contributed by atoms with Crippen LogP contribution in [0, 0.1) is 6.92 Å². The van der Waals surface area contributed by atoms with Gasteiger partial charge in [-0.15, -0.1) is 0 Å². The van der Waals surface area contributed by atoms with E-state index in [1.54, 1.807) is 10.4 Å². The monoisotopic (exact) mass is 501 g/mol. The van der Waals surface area contributed by atoms with Crippen molar-refractivity contribution in [3.05, 3.63) is 26.6 Å². The normalized spacial score (nSPS) is 16.2. The molecule has 3 nitrogen and oxygen atoms in total. The van der Waals surface area contributed by atoms with Crippen LogP contribution in [0.5, 0.6) is 0 Å². The second-order valence-electron chi connectivity index (χ2n) is 5.27. The second-order valence-corrected chi connectivity index (χ2v) is 9.64. The predicted octanol–water partition coefficient (Wildman–Crippen LogP) is 4.85. The first-order valence-electron chi connectivity index (χ1n) is 6.91. The fraction of sp³-hybridized carbons (Fsp3) is 0.571. The van der Waals surface area contributed by atoms with E-state index in [9.17, 15) is 8.42 Å². The molecule has 7 heteroatoms. The molecule has 0 amide bonds. The maximum Gasteiger partial charge on any atom is 0.244 e. The van der Waals surface area contributed by atoms with Crippen molar-refractivity contribution in [3.63, 3.8) is 0 Å². The van der Waals surface area contributed by atoms with Gasteiger partial charge in [-0.25, -0.2) is 8.42 Å². The Hall–Kier alpha value is 0.570. The van der Waals surface area contributed by atoms with Crippen molar-refractivity contribution in [1.82, 2.24) is 4.31 Å². The molecule has 1 aromatic carbocycles. The Morgan fingerprint density at radius 3 is 2.43 bits per heavy atom. The Kier molecular flexibility index (Phi) is 6.34. The summed E-state index contributed by atoms with van der Waals surface area (Å²) < 4.78 is 29.2. The van der Waals surface area contributed by atoms with E-state index < -0.39 is 10.0 Å². The standard InChI is InChI=1S/C14H18Br3NO2S/c1-10-8-13(17)14(9-12(10)16)21(19,20)18(7-3-6-15)11-4-2-5-11/h8-9,11H,2-7H2,1H3. The molecule has 2 rings (SSSR count). The van der Waals surface area contributed by atoms with Crippen LogP contribution in [0.25, 0.3) is 0 Å². The molecule has 1 aliphatic rings. The summed E-state index contributed by atoms with van der Waals surface area (Å²) >= 11 is 10.2. The SMILES string of the molecule is Cc1cc(Br)c(S(=O)(=O)N(CCCBr)C2CCC2)cc1Br. The number of sulfonamides is 1. The second kappa shape index (κ2) is 7.43. The summed E-state index contributed by atoms with van der Waals surface area (Å²) in [6.07, 6.45) is 3.86. The molecule has 1 aromatic rings. The maximum absolute atomic E-state index is 13.0. The van der Waals surface area contributed by atoms with Crippen molar-refractivity contribution < 1.29 is 8.42 Å². The summed E-state index contributed by atoms with van der Waals surface area (Å²) in [4.78, 5) is 0.349. The number of aryl methyl sites for hydroxylation is 1. The van der Waals surface area contributed by atoms with Crippen LogP contribution < -0.4 is 0 Å². The molecule has 0 N–H and O–H groups in total. The minimum absolute atomic E-state index is 0.154. The lowest BCUT2D eigenvalue weighted by Crippen LogP contribution is -2.44. The predicted molar refractivity (Wildman–Crippen MR) is 96.5 cm³/mol. The van der Waals surface area contributed by atoms with E-state index in [-0.39, 0.29) is 6.04 Å². The molecule has 0 radical (unpaired) electrons. The molecule has 0 bridgehead atoms. The van der Waals surface area contributed by atoms with Crippen LogP contribution in [-0.4, -0.2) is 30.6 Å². The molecule has 1 saturated carbocycles. The van der Waals surface area contributed by atoms with Gasteiger partial charge in [0.25, 0.3) is 0 Å². The molecule has 0 atom stereocenters. The summed E-state index contributed by atoms with van der Waals surface area (Å²) in [6.45, 7) is 2.51. The quantitative estimate of drug-likeness (QED) is 0.520. The highest BCUT2D eigenvalue weighted by atomic mass is 79.9. The van der Waals surface area contributed by atoms with Crippen LogP contribution in [0.3, 0.4) is 0 Å². The van der Waals surface area contributed by atoms with Crippen LogP contribution in [0.1, 0.15) is 31.2 Å². The molecule has 0 heterocycles. The van der Waals surface area contributed by atoms with Crippen molar-refractivity contribution >= 4 is 57.8 Å². The lowest BCUT2D eigenvalue weighted by atomic mass is 9.93. The van der Waals surface area contributed by atoms with Gasteiger partial charge in [-0.3, -0.25) is 0 Å². The van der Waals surface area contributed by atoms with Crippen molar-refractivity contribution in [2.75, 3.05) is 11.9 Å². The molecule has 1 aliphatic carbocycles. The van der Waals surface area contributed by atoms with Crippen molar-refractivity contribution in [3.8, 4) is 0 Å². The topological polar surface area (TPSA) is 37.4 Å². The minimum Gasteiger partial charge on any atom is -0.207 e. The van der Waals surface area contributed by atoms with Gasteiger partial charge in [-0.1, -0.05) is 38.3 Å². The lowest BCUT2D eigenvalue weighted by Gasteiger charge is -2.36. The molecule has 118 valence electrons.